The van der Waals surface area contributed by atoms with Crippen LogP contribution >= 0.6 is 0 Å². The van der Waals surface area contributed by atoms with Gasteiger partial charge >= 0.3 is 0 Å². The summed E-state index contributed by atoms with van der Waals surface area (Å²) in [7, 11) is 0. The third-order valence-electron chi connectivity index (χ3n) is 3.48. The molecule has 1 saturated heterocycles. The molecule has 1 fully saturated rings. The van der Waals surface area contributed by atoms with Crippen LogP contribution in [0, 0.1) is 5.92 Å². The Morgan fingerprint density at radius 2 is 2.00 bits per heavy atom. The van der Waals surface area contributed by atoms with Crippen molar-refractivity contribution < 1.29 is 4.74 Å². The number of hydrogen-bond donors (Lipinski definition) is 1. The highest BCUT2D eigenvalue weighted by Gasteiger charge is 2.14. The molecule has 1 aromatic rings. The number of aromatic nitrogens is 3. The summed E-state index contributed by atoms with van der Waals surface area (Å²) in [5.41, 5.74) is 0. The standard InChI is InChI=1S/C14H27N5O/c1-12(2)9-19-14(16-11-17-19)8-15-13(3)10-18-4-6-20-7-5-18/h11-13,15H,4-10H2,1-3H3. The second-order valence-corrected chi connectivity index (χ2v) is 5.95. The molecule has 114 valence electrons. The first-order valence-corrected chi connectivity index (χ1v) is 7.55. The fraction of sp³-hybridized carbons (Fsp3) is 0.857. The van der Waals surface area contributed by atoms with E-state index < -0.39 is 0 Å². The second kappa shape index (κ2) is 7.71. The van der Waals surface area contributed by atoms with E-state index in [0.29, 0.717) is 12.0 Å². The Labute approximate surface area is 121 Å². The lowest BCUT2D eigenvalue weighted by atomic mass is 10.2. The van der Waals surface area contributed by atoms with E-state index in [9.17, 15) is 0 Å². The predicted molar refractivity (Wildman–Crippen MR) is 78.4 cm³/mol. The number of nitrogens with one attached hydrogen (secondary N) is 1. The van der Waals surface area contributed by atoms with Crippen molar-refractivity contribution in [2.45, 2.75) is 39.9 Å². The molecule has 0 bridgehead atoms. The number of rotatable bonds is 7. The summed E-state index contributed by atoms with van der Waals surface area (Å²) >= 11 is 0. The molecule has 0 amide bonds. The molecular weight excluding hydrogens is 254 g/mol. The fourth-order valence-corrected chi connectivity index (χ4v) is 2.42. The third-order valence-corrected chi connectivity index (χ3v) is 3.48. The summed E-state index contributed by atoms with van der Waals surface area (Å²) in [5.74, 6) is 1.61. The Morgan fingerprint density at radius 1 is 1.25 bits per heavy atom. The van der Waals surface area contributed by atoms with Gasteiger partial charge in [-0.2, -0.15) is 5.10 Å². The molecule has 1 N–H and O–H groups in total. The topological polar surface area (TPSA) is 55.2 Å². The summed E-state index contributed by atoms with van der Waals surface area (Å²) in [6, 6.07) is 0.442. The molecule has 1 atom stereocenters. The van der Waals surface area contributed by atoms with Crippen LogP contribution in [0.15, 0.2) is 6.33 Å². The molecule has 2 heterocycles. The highest BCUT2D eigenvalue weighted by molar-refractivity contribution is 4.85. The minimum Gasteiger partial charge on any atom is -0.379 e. The molecule has 1 aliphatic heterocycles. The quantitative estimate of drug-likeness (QED) is 0.799. The molecule has 20 heavy (non-hydrogen) atoms. The molecule has 6 heteroatoms. The van der Waals surface area contributed by atoms with Crippen molar-refractivity contribution in [1.29, 1.82) is 0 Å². The molecule has 0 aliphatic carbocycles. The first-order chi connectivity index (χ1) is 9.65. The SMILES string of the molecule is CC(C)Cn1ncnc1CNC(C)CN1CCOCC1. The maximum absolute atomic E-state index is 5.37. The lowest BCUT2D eigenvalue weighted by molar-refractivity contribution is 0.0343. The molecule has 0 saturated carbocycles. The van der Waals surface area contributed by atoms with Crippen LogP contribution in [0.2, 0.25) is 0 Å². The summed E-state index contributed by atoms with van der Waals surface area (Å²) in [4.78, 5) is 6.79. The zero-order valence-corrected chi connectivity index (χ0v) is 12.9. The number of hydrogen-bond acceptors (Lipinski definition) is 5. The van der Waals surface area contributed by atoms with Crippen LogP contribution in [0.5, 0.6) is 0 Å². The van der Waals surface area contributed by atoms with Gasteiger partial charge in [-0.1, -0.05) is 13.8 Å². The van der Waals surface area contributed by atoms with Gasteiger partial charge < -0.3 is 10.1 Å². The average molecular weight is 281 g/mol. The molecule has 1 unspecified atom stereocenters. The number of nitrogens with zero attached hydrogens (tertiary/aromatic N) is 4. The van der Waals surface area contributed by atoms with Gasteiger partial charge in [-0.15, -0.1) is 0 Å². The van der Waals surface area contributed by atoms with Crippen LogP contribution in [-0.4, -0.2) is 58.6 Å². The largest absolute Gasteiger partial charge is 0.379 e. The number of ether oxygens (including phenoxy) is 1. The summed E-state index contributed by atoms with van der Waals surface area (Å²) < 4.78 is 7.37. The van der Waals surface area contributed by atoms with E-state index in [2.05, 4.69) is 41.1 Å². The molecule has 1 aliphatic rings. The normalized spacial score (nSPS) is 18.6. The highest BCUT2D eigenvalue weighted by atomic mass is 16.5. The maximum Gasteiger partial charge on any atom is 0.140 e. The van der Waals surface area contributed by atoms with Crippen LogP contribution in [0.4, 0.5) is 0 Å². The highest BCUT2D eigenvalue weighted by Crippen LogP contribution is 2.02. The van der Waals surface area contributed by atoms with Crippen molar-refractivity contribution in [1.82, 2.24) is 25.0 Å². The van der Waals surface area contributed by atoms with E-state index in [-0.39, 0.29) is 0 Å². The van der Waals surface area contributed by atoms with Gasteiger partial charge in [0, 0.05) is 32.2 Å². The van der Waals surface area contributed by atoms with E-state index in [1.54, 1.807) is 6.33 Å². The predicted octanol–water partition coefficient (Wildman–Crippen LogP) is 0.744. The molecule has 0 aromatic carbocycles. The molecular formula is C14H27N5O. The molecule has 1 aromatic heterocycles. The Morgan fingerprint density at radius 3 is 2.70 bits per heavy atom. The van der Waals surface area contributed by atoms with Crippen molar-refractivity contribution in [2.75, 3.05) is 32.8 Å². The first kappa shape index (κ1) is 15.4. The van der Waals surface area contributed by atoms with Gasteiger partial charge in [0.1, 0.15) is 12.2 Å². The summed E-state index contributed by atoms with van der Waals surface area (Å²) in [6.07, 6.45) is 1.64. The molecule has 0 radical (unpaired) electrons. The van der Waals surface area contributed by atoms with Crippen LogP contribution in [-0.2, 0) is 17.8 Å². The zero-order chi connectivity index (χ0) is 14.4. The molecule has 6 nitrogen and oxygen atoms in total. The second-order valence-electron chi connectivity index (χ2n) is 5.95. The fourth-order valence-electron chi connectivity index (χ4n) is 2.42. The molecule has 2 rings (SSSR count). The van der Waals surface area contributed by atoms with Crippen LogP contribution in [0.1, 0.15) is 26.6 Å². The van der Waals surface area contributed by atoms with Crippen molar-refractivity contribution in [3.05, 3.63) is 12.2 Å². The summed E-state index contributed by atoms with van der Waals surface area (Å²) in [6.45, 7) is 13.2. The third kappa shape index (κ3) is 4.85. The Bertz CT molecular complexity index is 387. The van der Waals surface area contributed by atoms with Gasteiger partial charge in [0.15, 0.2) is 0 Å². The monoisotopic (exact) mass is 281 g/mol. The minimum atomic E-state index is 0.442. The lowest BCUT2D eigenvalue weighted by Gasteiger charge is -2.29. The van der Waals surface area contributed by atoms with Crippen LogP contribution in [0.25, 0.3) is 0 Å². The van der Waals surface area contributed by atoms with Gasteiger partial charge in [0.25, 0.3) is 0 Å². The van der Waals surface area contributed by atoms with Gasteiger partial charge in [-0.3, -0.25) is 4.90 Å². The summed E-state index contributed by atoms with van der Waals surface area (Å²) in [5, 5.41) is 7.83. The van der Waals surface area contributed by atoms with Crippen molar-refractivity contribution >= 4 is 0 Å². The van der Waals surface area contributed by atoms with Crippen molar-refractivity contribution in [3.63, 3.8) is 0 Å². The number of morpholine rings is 1. The Hall–Kier alpha value is -0.980. The van der Waals surface area contributed by atoms with Crippen molar-refractivity contribution in [2.24, 2.45) is 5.92 Å². The zero-order valence-electron chi connectivity index (χ0n) is 12.9. The Kier molecular flexibility index (Phi) is 5.94. The van der Waals surface area contributed by atoms with Gasteiger partial charge in [-0.25, -0.2) is 9.67 Å². The van der Waals surface area contributed by atoms with E-state index in [0.717, 1.165) is 51.8 Å². The molecule has 0 spiro atoms. The smallest absolute Gasteiger partial charge is 0.140 e. The van der Waals surface area contributed by atoms with Crippen LogP contribution in [0.3, 0.4) is 0 Å². The van der Waals surface area contributed by atoms with E-state index in [1.807, 2.05) is 4.68 Å². The van der Waals surface area contributed by atoms with Gasteiger partial charge in [-0.05, 0) is 12.8 Å². The maximum atomic E-state index is 5.37. The lowest BCUT2D eigenvalue weighted by Crippen LogP contribution is -2.44. The minimum absolute atomic E-state index is 0.442. The van der Waals surface area contributed by atoms with Crippen molar-refractivity contribution in [3.8, 4) is 0 Å². The Balaban J connectivity index is 1.75. The van der Waals surface area contributed by atoms with Crippen LogP contribution < -0.4 is 5.32 Å². The average Bonchev–Trinajstić information content (AvgIpc) is 2.84. The van der Waals surface area contributed by atoms with E-state index in [4.69, 9.17) is 4.74 Å². The van der Waals surface area contributed by atoms with Gasteiger partial charge in [0.2, 0.25) is 0 Å². The van der Waals surface area contributed by atoms with E-state index >= 15 is 0 Å². The van der Waals surface area contributed by atoms with E-state index in [1.165, 1.54) is 0 Å². The first-order valence-electron chi connectivity index (χ1n) is 7.55. The van der Waals surface area contributed by atoms with Gasteiger partial charge in [0.05, 0.1) is 19.8 Å².